The summed E-state index contributed by atoms with van der Waals surface area (Å²) in [6.07, 6.45) is 3.56. The Morgan fingerprint density at radius 2 is 1.69 bits per heavy atom. The molecular formula is C27H22FN2NaO4. The molecule has 0 bridgehead atoms. The molecule has 0 fully saturated rings. The third-order valence-corrected chi connectivity index (χ3v) is 5.17. The first-order valence-electron chi connectivity index (χ1n) is 10.6. The molecule has 1 aromatic heterocycles. The molecule has 0 aliphatic rings. The van der Waals surface area contributed by atoms with E-state index in [9.17, 15) is 14.3 Å². The van der Waals surface area contributed by atoms with E-state index in [1.165, 1.54) is 25.4 Å². The van der Waals surface area contributed by atoms with Crippen LogP contribution in [0.3, 0.4) is 0 Å². The molecule has 0 radical (unpaired) electrons. The molecule has 35 heavy (non-hydrogen) atoms. The Kier molecular flexibility index (Phi) is 9.25. The Hall–Kier alpha value is -3.39. The van der Waals surface area contributed by atoms with Gasteiger partial charge in [-0.2, -0.15) is 0 Å². The second-order valence-corrected chi connectivity index (χ2v) is 7.62. The molecular weight excluding hydrogens is 458 g/mol. The number of hydrogen-bond acceptors (Lipinski definition) is 5. The summed E-state index contributed by atoms with van der Waals surface area (Å²) in [6, 6.07) is 22.8. The smallest absolute Gasteiger partial charge is 0.545 e. The van der Waals surface area contributed by atoms with Gasteiger partial charge in [0.2, 0.25) is 0 Å². The van der Waals surface area contributed by atoms with Crippen LogP contribution in [0.25, 0.3) is 0 Å². The van der Waals surface area contributed by atoms with E-state index in [1.807, 2.05) is 54.6 Å². The molecule has 4 rings (SSSR count). The fourth-order valence-corrected chi connectivity index (χ4v) is 3.61. The normalized spacial score (nSPS) is 11.0. The van der Waals surface area contributed by atoms with Gasteiger partial charge in [-0.25, -0.2) is 4.39 Å². The molecule has 6 nitrogen and oxygen atoms in total. The number of para-hydroxylation sites is 1. The van der Waals surface area contributed by atoms with E-state index in [4.69, 9.17) is 9.57 Å². The molecule has 0 aliphatic carbocycles. The van der Waals surface area contributed by atoms with Gasteiger partial charge in [-0.3, -0.25) is 0 Å². The average Bonchev–Trinajstić information content (AvgIpc) is 3.24. The Balaban J connectivity index is 0.00000342. The number of halogens is 1. The fourth-order valence-electron chi connectivity index (χ4n) is 3.61. The largest absolute Gasteiger partial charge is 1.00 e. The van der Waals surface area contributed by atoms with Gasteiger partial charge in [-0.15, -0.1) is 0 Å². The number of carboxylic acid groups (broad SMARTS) is 1. The van der Waals surface area contributed by atoms with Crippen LogP contribution in [0.15, 0.2) is 96.4 Å². The molecule has 0 unspecified atom stereocenters. The predicted octanol–water partition coefficient (Wildman–Crippen LogP) is 1.43. The van der Waals surface area contributed by atoms with Crippen LogP contribution < -0.4 is 39.4 Å². The van der Waals surface area contributed by atoms with E-state index in [1.54, 1.807) is 22.9 Å². The summed E-state index contributed by atoms with van der Waals surface area (Å²) < 4.78 is 20.8. The van der Waals surface area contributed by atoms with Crippen molar-refractivity contribution in [2.75, 3.05) is 7.11 Å². The molecule has 3 aromatic carbocycles. The SMILES string of the molecule is CO/N=C(\Cn1cc(Cc2ccc(F)cc2)c(C(=O)[O-])c1)c1cccc(Oc2ccccc2)c1.[Na+]. The minimum absolute atomic E-state index is 0. The molecule has 172 valence electrons. The molecule has 0 saturated heterocycles. The summed E-state index contributed by atoms with van der Waals surface area (Å²) in [6.45, 7) is 0.256. The van der Waals surface area contributed by atoms with Crippen molar-refractivity contribution in [1.29, 1.82) is 0 Å². The molecule has 0 N–H and O–H groups in total. The number of ether oxygens (including phenoxy) is 1. The number of rotatable bonds is 9. The topological polar surface area (TPSA) is 75.9 Å². The number of carbonyl (C=O) groups excluding carboxylic acids is 1. The number of carboxylic acids is 1. The van der Waals surface area contributed by atoms with Crippen LogP contribution in [0.4, 0.5) is 4.39 Å². The molecule has 1 heterocycles. The van der Waals surface area contributed by atoms with Crippen molar-refractivity contribution < 1.29 is 53.4 Å². The van der Waals surface area contributed by atoms with Gasteiger partial charge in [0.15, 0.2) is 0 Å². The summed E-state index contributed by atoms with van der Waals surface area (Å²) in [5, 5.41) is 15.9. The average molecular weight is 480 g/mol. The van der Waals surface area contributed by atoms with Crippen molar-refractivity contribution in [3.05, 3.63) is 119 Å². The summed E-state index contributed by atoms with van der Waals surface area (Å²) in [4.78, 5) is 16.8. The third-order valence-electron chi connectivity index (χ3n) is 5.17. The second-order valence-electron chi connectivity index (χ2n) is 7.62. The van der Waals surface area contributed by atoms with E-state index >= 15 is 0 Å². The molecule has 0 aliphatic heterocycles. The van der Waals surface area contributed by atoms with Crippen LogP contribution in [0.5, 0.6) is 11.5 Å². The molecule has 8 heteroatoms. The van der Waals surface area contributed by atoms with Crippen molar-refractivity contribution in [3.63, 3.8) is 0 Å². The van der Waals surface area contributed by atoms with Crippen molar-refractivity contribution >= 4 is 11.7 Å². The standard InChI is InChI=1S/C27H23FN2O4.Na/c1-33-29-26(20-6-5-9-24(15-20)34-23-7-3-2-4-8-23)18-30-16-21(25(17-30)27(31)32)14-19-10-12-22(28)13-11-19;/h2-13,15-17H,14,18H2,1H3,(H,31,32);/q;+1/p-1/b29-26+;. The van der Waals surface area contributed by atoms with Gasteiger partial charge in [-0.1, -0.05) is 47.6 Å². The van der Waals surface area contributed by atoms with Gasteiger partial charge in [0, 0.05) is 23.5 Å². The number of hydrogen-bond donors (Lipinski definition) is 0. The zero-order valence-electron chi connectivity index (χ0n) is 19.5. The molecule has 0 amide bonds. The number of nitrogens with zero attached hydrogens (tertiary/aromatic N) is 2. The van der Waals surface area contributed by atoms with Crippen molar-refractivity contribution in [1.82, 2.24) is 4.57 Å². The second kappa shape index (κ2) is 12.4. The Morgan fingerprint density at radius 1 is 0.971 bits per heavy atom. The van der Waals surface area contributed by atoms with E-state index < -0.39 is 5.97 Å². The fraction of sp³-hybridized carbons (Fsp3) is 0.111. The maximum atomic E-state index is 13.2. The van der Waals surface area contributed by atoms with Gasteiger partial charge in [0.25, 0.3) is 0 Å². The van der Waals surface area contributed by atoms with E-state index in [-0.39, 0.29) is 47.5 Å². The van der Waals surface area contributed by atoms with Crippen LogP contribution in [0, 0.1) is 5.82 Å². The molecule has 0 atom stereocenters. The Labute approximate surface area is 224 Å². The first-order chi connectivity index (χ1) is 16.5. The molecule has 0 saturated carbocycles. The molecule has 4 aromatic rings. The van der Waals surface area contributed by atoms with Crippen LogP contribution in [-0.4, -0.2) is 23.4 Å². The van der Waals surface area contributed by atoms with Crippen LogP contribution >= 0.6 is 0 Å². The molecule has 0 spiro atoms. The minimum atomic E-state index is -1.28. The van der Waals surface area contributed by atoms with Gasteiger partial charge in [0.05, 0.1) is 12.5 Å². The van der Waals surface area contributed by atoms with E-state index in [0.29, 0.717) is 29.2 Å². The Morgan fingerprint density at radius 3 is 2.37 bits per heavy atom. The zero-order chi connectivity index (χ0) is 23.9. The van der Waals surface area contributed by atoms with Crippen LogP contribution in [0.1, 0.15) is 27.0 Å². The maximum Gasteiger partial charge on any atom is 1.00 e. The van der Waals surface area contributed by atoms with Gasteiger partial charge < -0.3 is 24.0 Å². The van der Waals surface area contributed by atoms with Crippen LogP contribution in [0.2, 0.25) is 0 Å². The summed E-state index contributed by atoms with van der Waals surface area (Å²) in [5.74, 6) is -0.286. The predicted molar refractivity (Wildman–Crippen MR) is 124 cm³/mol. The van der Waals surface area contributed by atoms with Crippen molar-refractivity contribution in [2.45, 2.75) is 13.0 Å². The van der Waals surface area contributed by atoms with Crippen molar-refractivity contribution in [2.24, 2.45) is 5.16 Å². The summed E-state index contributed by atoms with van der Waals surface area (Å²) >= 11 is 0. The van der Waals surface area contributed by atoms with E-state index in [0.717, 1.165) is 11.1 Å². The quantitative estimate of drug-likeness (QED) is 0.206. The number of aromatic carboxylic acids is 1. The monoisotopic (exact) mass is 480 g/mol. The number of aromatic nitrogens is 1. The first-order valence-corrected chi connectivity index (χ1v) is 10.6. The van der Waals surface area contributed by atoms with Gasteiger partial charge in [-0.05, 0) is 53.9 Å². The number of oxime groups is 1. The van der Waals surface area contributed by atoms with Crippen LogP contribution in [-0.2, 0) is 17.8 Å². The third kappa shape index (κ3) is 7.05. The van der Waals surface area contributed by atoms with Crippen molar-refractivity contribution in [3.8, 4) is 11.5 Å². The number of benzene rings is 3. The Bertz CT molecular complexity index is 1300. The number of carbonyl (C=O) groups is 1. The summed E-state index contributed by atoms with van der Waals surface area (Å²) in [7, 11) is 1.45. The summed E-state index contributed by atoms with van der Waals surface area (Å²) in [5.41, 5.74) is 2.76. The van der Waals surface area contributed by atoms with Gasteiger partial charge in [0.1, 0.15) is 30.1 Å². The minimum Gasteiger partial charge on any atom is -0.545 e. The maximum absolute atomic E-state index is 13.2. The zero-order valence-corrected chi connectivity index (χ0v) is 21.5. The van der Waals surface area contributed by atoms with Gasteiger partial charge >= 0.3 is 29.6 Å². The first kappa shape index (κ1) is 26.2. The van der Waals surface area contributed by atoms with E-state index in [2.05, 4.69) is 5.16 Å².